The standard InChI is InChI=1S/C8H16N2O3/c1-7(2,9-5-11)13-8(3,4)10-6-12/h5-6H,1-4H3,(H,9,11)(H,10,12). The van der Waals surface area contributed by atoms with Gasteiger partial charge < -0.3 is 15.4 Å². The van der Waals surface area contributed by atoms with E-state index in [1.807, 2.05) is 0 Å². The Morgan fingerprint density at radius 3 is 1.46 bits per heavy atom. The van der Waals surface area contributed by atoms with Gasteiger partial charge in [0, 0.05) is 0 Å². The highest BCUT2D eigenvalue weighted by Gasteiger charge is 2.27. The molecule has 0 aliphatic carbocycles. The summed E-state index contributed by atoms with van der Waals surface area (Å²) in [6, 6.07) is 0. The Morgan fingerprint density at radius 1 is 0.923 bits per heavy atom. The largest absolute Gasteiger partial charge is 0.331 e. The molecule has 0 spiro atoms. The van der Waals surface area contributed by atoms with Gasteiger partial charge in [0.1, 0.15) is 11.4 Å². The predicted molar refractivity (Wildman–Crippen MR) is 47.6 cm³/mol. The minimum Gasteiger partial charge on any atom is -0.331 e. The zero-order valence-electron chi connectivity index (χ0n) is 8.38. The number of carbonyl (C=O) groups is 2. The third kappa shape index (κ3) is 5.19. The average Bonchev–Trinajstić information content (AvgIpc) is 1.82. The van der Waals surface area contributed by atoms with Crippen LogP contribution in [0.4, 0.5) is 0 Å². The van der Waals surface area contributed by atoms with Crippen LogP contribution >= 0.6 is 0 Å². The second-order valence-corrected chi connectivity index (χ2v) is 3.65. The highest BCUT2D eigenvalue weighted by atomic mass is 16.5. The molecule has 0 saturated heterocycles. The first-order valence-electron chi connectivity index (χ1n) is 3.96. The van der Waals surface area contributed by atoms with E-state index in [9.17, 15) is 9.59 Å². The molecule has 0 saturated carbocycles. The molecule has 0 heterocycles. The van der Waals surface area contributed by atoms with Crippen molar-refractivity contribution in [2.75, 3.05) is 0 Å². The summed E-state index contributed by atoms with van der Waals surface area (Å²) in [5.74, 6) is 0. The highest BCUT2D eigenvalue weighted by molar-refractivity contribution is 5.48. The summed E-state index contributed by atoms with van der Waals surface area (Å²) in [7, 11) is 0. The van der Waals surface area contributed by atoms with Crippen molar-refractivity contribution >= 4 is 12.8 Å². The lowest BCUT2D eigenvalue weighted by atomic mass is 10.2. The lowest BCUT2D eigenvalue weighted by Crippen LogP contribution is -2.52. The summed E-state index contributed by atoms with van der Waals surface area (Å²) in [6.07, 6.45) is 1.11. The molecule has 5 nitrogen and oxygen atoms in total. The van der Waals surface area contributed by atoms with Gasteiger partial charge in [0.15, 0.2) is 0 Å². The number of hydrogen-bond donors (Lipinski definition) is 2. The molecule has 0 bridgehead atoms. The van der Waals surface area contributed by atoms with Gasteiger partial charge >= 0.3 is 0 Å². The SMILES string of the molecule is CC(C)(NC=O)OC(C)(C)NC=O. The summed E-state index contributed by atoms with van der Waals surface area (Å²) in [5.41, 5.74) is -1.61. The predicted octanol–water partition coefficient (Wildman–Crippen LogP) is -0.0328. The van der Waals surface area contributed by atoms with E-state index in [0.29, 0.717) is 12.8 Å². The number of amides is 2. The first-order valence-corrected chi connectivity index (χ1v) is 3.96. The number of nitrogens with one attached hydrogen (secondary N) is 2. The van der Waals surface area contributed by atoms with Gasteiger partial charge in [-0.2, -0.15) is 0 Å². The van der Waals surface area contributed by atoms with E-state index < -0.39 is 11.4 Å². The number of hydrogen-bond acceptors (Lipinski definition) is 3. The van der Waals surface area contributed by atoms with Crippen molar-refractivity contribution in [2.45, 2.75) is 39.1 Å². The second-order valence-electron chi connectivity index (χ2n) is 3.65. The van der Waals surface area contributed by atoms with Crippen LogP contribution in [-0.2, 0) is 14.3 Å². The molecule has 2 N–H and O–H groups in total. The molecule has 0 aromatic rings. The van der Waals surface area contributed by atoms with E-state index in [0.717, 1.165) is 0 Å². The summed E-state index contributed by atoms with van der Waals surface area (Å²) in [4.78, 5) is 20.4. The zero-order valence-corrected chi connectivity index (χ0v) is 8.38. The molecule has 0 unspecified atom stereocenters. The normalized spacial score (nSPS) is 12.0. The molecule has 76 valence electrons. The van der Waals surface area contributed by atoms with Gasteiger partial charge in [0.2, 0.25) is 12.8 Å². The van der Waals surface area contributed by atoms with Gasteiger partial charge in [-0.1, -0.05) is 0 Å². The number of ether oxygens (including phenoxy) is 1. The fraction of sp³-hybridized carbons (Fsp3) is 0.750. The third-order valence-corrected chi connectivity index (χ3v) is 1.32. The molecule has 0 radical (unpaired) electrons. The van der Waals surface area contributed by atoms with Crippen molar-refractivity contribution in [3.8, 4) is 0 Å². The van der Waals surface area contributed by atoms with Crippen LogP contribution in [0.3, 0.4) is 0 Å². The van der Waals surface area contributed by atoms with Crippen LogP contribution in [0, 0.1) is 0 Å². The van der Waals surface area contributed by atoms with E-state index >= 15 is 0 Å². The summed E-state index contributed by atoms with van der Waals surface area (Å²) in [5, 5.41) is 4.96. The van der Waals surface area contributed by atoms with Crippen molar-refractivity contribution in [1.82, 2.24) is 10.6 Å². The number of rotatable bonds is 6. The molecule has 0 aliphatic heterocycles. The quantitative estimate of drug-likeness (QED) is 0.454. The van der Waals surface area contributed by atoms with E-state index in [1.165, 1.54) is 0 Å². The van der Waals surface area contributed by atoms with Crippen LogP contribution < -0.4 is 10.6 Å². The first-order chi connectivity index (χ1) is 5.83. The lowest BCUT2D eigenvalue weighted by Gasteiger charge is -2.34. The molecule has 13 heavy (non-hydrogen) atoms. The van der Waals surface area contributed by atoms with Crippen molar-refractivity contribution in [2.24, 2.45) is 0 Å². The van der Waals surface area contributed by atoms with Crippen LogP contribution in [0.5, 0.6) is 0 Å². The molecule has 0 aromatic heterocycles. The van der Waals surface area contributed by atoms with Gasteiger partial charge in [0.05, 0.1) is 0 Å². The van der Waals surface area contributed by atoms with Crippen molar-refractivity contribution < 1.29 is 14.3 Å². The topological polar surface area (TPSA) is 67.4 Å². The summed E-state index contributed by atoms with van der Waals surface area (Å²) < 4.78 is 5.42. The highest BCUT2D eigenvalue weighted by Crippen LogP contribution is 2.14. The molecule has 5 heteroatoms. The Labute approximate surface area is 77.8 Å². The molecule has 0 aromatic carbocycles. The van der Waals surface area contributed by atoms with Gasteiger partial charge in [-0.15, -0.1) is 0 Å². The van der Waals surface area contributed by atoms with Crippen LogP contribution in [0.2, 0.25) is 0 Å². The van der Waals surface area contributed by atoms with Crippen molar-refractivity contribution in [3.63, 3.8) is 0 Å². The fourth-order valence-corrected chi connectivity index (χ4v) is 0.981. The average molecular weight is 188 g/mol. The van der Waals surface area contributed by atoms with Crippen LogP contribution in [-0.4, -0.2) is 24.3 Å². The molecule has 0 fully saturated rings. The number of carbonyl (C=O) groups excluding carboxylic acids is 2. The monoisotopic (exact) mass is 188 g/mol. The second kappa shape index (κ2) is 4.23. The Hall–Kier alpha value is -1.10. The van der Waals surface area contributed by atoms with Crippen LogP contribution in [0.15, 0.2) is 0 Å². The molecule has 2 amide bonds. The van der Waals surface area contributed by atoms with Gasteiger partial charge in [-0.3, -0.25) is 9.59 Å². The van der Waals surface area contributed by atoms with Crippen LogP contribution in [0.25, 0.3) is 0 Å². The minimum atomic E-state index is -0.804. The Kier molecular flexibility index (Phi) is 3.87. The van der Waals surface area contributed by atoms with Gasteiger partial charge in [-0.25, -0.2) is 0 Å². The van der Waals surface area contributed by atoms with Crippen molar-refractivity contribution in [3.05, 3.63) is 0 Å². The third-order valence-electron chi connectivity index (χ3n) is 1.32. The molecule has 0 rings (SSSR count). The van der Waals surface area contributed by atoms with Gasteiger partial charge in [-0.05, 0) is 27.7 Å². The molecule has 0 atom stereocenters. The van der Waals surface area contributed by atoms with Gasteiger partial charge in [0.25, 0.3) is 0 Å². The Balaban J connectivity index is 4.22. The maximum Gasteiger partial charge on any atom is 0.209 e. The van der Waals surface area contributed by atoms with Crippen LogP contribution in [0.1, 0.15) is 27.7 Å². The fourth-order valence-electron chi connectivity index (χ4n) is 0.981. The first kappa shape index (κ1) is 11.9. The smallest absolute Gasteiger partial charge is 0.209 e. The van der Waals surface area contributed by atoms with E-state index in [1.54, 1.807) is 27.7 Å². The summed E-state index contributed by atoms with van der Waals surface area (Å²) in [6.45, 7) is 6.76. The van der Waals surface area contributed by atoms with E-state index in [-0.39, 0.29) is 0 Å². The van der Waals surface area contributed by atoms with E-state index in [4.69, 9.17) is 4.74 Å². The summed E-state index contributed by atoms with van der Waals surface area (Å²) >= 11 is 0. The zero-order chi connectivity index (χ0) is 10.5. The molecule has 0 aliphatic rings. The van der Waals surface area contributed by atoms with E-state index in [2.05, 4.69) is 10.6 Å². The lowest BCUT2D eigenvalue weighted by molar-refractivity contribution is -0.160. The maximum atomic E-state index is 10.2. The Morgan fingerprint density at radius 2 is 1.23 bits per heavy atom. The minimum absolute atomic E-state index is 0.553. The maximum absolute atomic E-state index is 10.2. The Bertz CT molecular complexity index is 170. The van der Waals surface area contributed by atoms with Crippen molar-refractivity contribution in [1.29, 1.82) is 0 Å². The molecular weight excluding hydrogens is 172 g/mol. The molecular formula is C8H16N2O3.